The molecule has 0 saturated carbocycles. The van der Waals surface area contributed by atoms with Gasteiger partial charge in [-0.05, 0) is 24.3 Å². The molecule has 0 radical (unpaired) electrons. The van der Waals surface area contributed by atoms with Crippen molar-refractivity contribution in [2.75, 3.05) is 0 Å². The van der Waals surface area contributed by atoms with E-state index >= 15 is 0 Å². The molecule has 0 aliphatic heterocycles. The minimum Gasteiger partial charge on any atom is -0.477 e. The molecule has 0 spiro atoms. The van der Waals surface area contributed by atoms with Crippen LogP contribution in [-0.2, 0) is 16.6 Å². The molecule has 0 bridgehead atoms. The number of thiophene rings is 1. The first-order valence-electron chi connectivity index (χ1n) is 4.92. The van der Waals surface area contributed by atoms with Crippen molar-refractivity contribution in [3.8, 4) is 0 Å². The third-order valence-corrected chi connectivity index (χ3v) is 4.78. The summed E-state index contributed by atoms with van der Waals surface area (Å²) in [5.41, 5.74) is 0. The summed E-state index contributed by atoms with van der Waals surface area (Å²) in [6.45, 7) is 0. The minimum absolute atomic E-state index is 0.282. The van der Waals surface area contributed by atoms with E-state index in [-0.39, 0.29) is 4.88 Å². The van der Waals surface area contributed by atoms with Gasteiger partial charge in [-0.25, -0.2) is 4.79 Å². The fourth-order valence-electron chi connectivity index (χ4n) is 1.36. The molecule has 0 aliphatic rings. The number of carboxylic acid groups (broad SMARTS) is 1. The molecule has 88 valence electrons. The highest BCUT2D eigenvalue weighted by molar-refractivity contribution is 7.84. The molecule has 1 atom stereocenters. The maximum Gasteiger partial charge on any atom is 0.345 e. The average molecular weight is 266 g/mol. The van der Waals surface area contributed by atoms with Crippen LogP contribution in [0.2, 0.25) is 0 Å². The van der Waals surface area contributed by atoms with Gasteiger partial charge < -0.3 is 5.11 Å². The Morgan fingerprint density at radius 1 is 1.18 bits per heavy atom. The molecular weight excluding hydrogens is 256 g/mol. The molecule has 2 rings (SSSR count). The fraction of sp³-hybridized carbons (Fsp3) is 0.0833. The van der Waals surface area contributed by atoms with E-state index in [1.54, 1.807) is 12.1 Å². The summed E-state index contributed by atoms with van der Waals surface area (Å²) in [6, 6.07) is 12.4. The Morgan fingerprint density at radius 3 is 2.47 bits per heavy atom. The molecular formula is C12H10O3S2. The summed E-state index contributed by atoms with van der Waals surface area (Å²) in [6.07, 6.45) is 0. The maximum absolute atomic E-state index is 12.0. The summed E-state index contributed by atoms with van der Waals surface area (Å²) in [5, 5.41) is 8.78. The van der Waals surface area contributed by atoms with Crippen molar-refractivity contribution < 1.29 is 14.1 Å². The topological polar surface area (TPSA) is 54.4 Å². The van der Waals surface area contributed by atoms with E-state index in [1.165, 1.54) is 11.3 Å². The predicted octanol–water partition coefficient (Wildman–Crippen LogP) is 2.75. The zero-order chi connectivity index (χ0) is 12.3. The van der Waals surface area contributed by atoms with Crippen molar-refractivity contribution in [2.24, 2.45) is 0 Å². The van der Waals surface area contributed by atoms with Gasteiger partial charge in [0, 0.05) is 9.77 Å². The number of carboxylic acids is 1. The summed E-state index contributed by atoms with van der Waals surface area (Å²) in [5.74, 6) is -0.575. The van der Waals surface area contributed by atoms with Crippen molar-refractivity contribution in [1.29, 1.82) is 0 Å². The molecule has 17 heavy (non-hydrogen) atoms. The van der Waals surface area contributed by atoms with Gasteiger partial charge in [-0.1, -0.05) is 18.2 Å². The molecule has 0 aliphatic carbocycles. The van der Waals surface area contributed by atoms with E-state index in [2.05, 4.69) is 0 Å². The highest BCUT2D eigenvalue weighted by Crippen LogP contribution is 2.20. The van der Waals surface area contributed by atoms with E-state index in [0.717, 1.165) is 9.77 Å². The molecule has 1 unspecified atom stereocenters. The van der Waals surface area contributed by atoms with Crippen LogP contribution in [0.15, 0.2) is 47.4 Å². The molecule has 1 heterocycles. The lowest BCUT2D eigenvalue weighted by Gasteiger charge is -1.99. The normalized spacial score (nSPS) is 12.2. The summed E-state index contributed by atoms with van der Waals surface area (Å²) in [4.78, 5) is 12.6. The molecule has 3 nitrogen and oxygen atoms in total. The largest absolute Gasteiger partial charge is 0.477 e. The Morgan fingerprint density at radius 2 is 1.88 bits per heavy atom. The van der Waals surface area contributed by atoms with Gasteiger partial charge in [0.1, 0.15) is 4.88 Å². The van der Waals surface area contributed by atoms with Crippen molar-refractivity contribution in [3.63, 3.8) is 0 Å². The third-order valence-electron chi connectivity index (χ3n) is 2.15. The van der Waals surface area contributed by atoms with Crippen molar-refractivity contribution >= 4 is 28.1 Å². The van der Waals surface area contributed by atoms with Crippen LogP contribution in [0.3, 0.4) is 0 Å². The number of rotatable bonds is 4. The second kappa shape index (κ2) is 5.25. The number of carbonyl (C=O) groups is 1. The van der Waals surface area contributed by atoms with Crippen LogP contribution < -0.4 is 0 Å². The highest BCUT2D eigenvalue weighted by atomic mass is 32.2. The standard InChI is InChI=1S/C12H10O3S2/c13-12(14)11-7-6-9(16-11)8-17(15)10-4-2-1-3-5-10/h1-7H,8H2,(H,13,14). The number of hydrogen-bond donors (Lipinski definition) is 1. The number of hydrogen-bond acceptors (Lipinski definition) is 3. The second-order valence-corrected chi connectivity index (χ2v) is 5.99. The third kappa shape index (κ3) is 3.01. The van der Waals surface area contributed by atoms with Crippen LogP contribution in [0.5, 0.6) is 0 Å². The van der Waals surface area contributed by atoms with Gasteiger partial charge in [-0.15, -0.1) is 11.3 Å². The first kappa shape index (κ1) is 12.0. The molecule has 0 fully saturated rings. The van der Waals surface area contributed by atoms with Crippen molar-refractivity contribution in [1.82, 2.24) is 0 Å². The van der Waals surface area contributed by atoms with Gasteiger partial charge in [-0.2, -0.15) is 0 Å². The van der Waals surface area contributed by atoms with Crippen LogP contribution in [0.1, 0.15) is 14.5 Å². The average Bonchev–Trinajstić information content (AvgIpc) is 2.79. The Kier molecular flexibility index (Phi) is 3.71. The van der Waals surface area contributed by atoms with Gasteiger partial charge in [0.2, 0.25) is 0 Å². The summed E-state index contributed by atoms with van der Waals surface area (Å²) < 4.78 is 12.0. The van der Waals surface area contributed by atoms with Crippen LogP contribution in [0.4, 0.5) is 0 Å². The van der Waals surface area contributed by atoms with Gasteiger partial charge >= 0.3 is 5.97 Å². The molecule has 1 aromatic carbocycles. The molecule has 0 saturated heterocycles. The van der Waals surface area contributed by atoms with Gasteiger partial charge in [0.25, 0.3) is 0 Å². The van der Waals surface area contributed by atoms with E-state index < -0.39 is 16.8 Å². The molecule has 1 aromatic heterocycles. The Hall–Kier alpha value is -1.46. The maximum atomic E-state index is 12.0. The van der Waals surface area contributed by atoms with Crippen LogP contribution >= 0.6 is 11.3 Å². The predicted molar refractivity (Wildman–Crippen MR) is 67.8 cm³/mol. The van der Waals surface area contributed by atoms with E-state index in [9.17, 15) is 9.00 Å². The Balaban J connectivity index is 2.11. The number of aromatic carboxylic acids is 1. The highest BCUT2D eigenvalue weighted by Gasteiger charge is 2.10. The molecule has 1 N–H and O–H groups in total. The van der Waals surface area contributed by atoms with E-state index in [0.29, 0.717) is 5.75 Å². The van der Waals surface area contributed by atoms with Gasteiger partial charge in [0.05, 0.1) is 16.6 Å². The lowest BCUT2D eigenvalue weighted by atomic mass is 10.4. The smallest absolute Gasteiger partial charge is 0.345 e. The summed E-state index contributed by atoms with van der Waals surface area (Å²) in [7, 11) is -1.12. The van der Waals surface area contributed by atoms with Gasteiger partial charge in [0.15, 0.2) is 0 Å². The minimum atomic E-state index is -1.12. The Labute approximate surface area is 105 Å². The zero-order valence-corrected chi connectivity index (χ0v) is 10.5. The second-order valence-electron chi connectivity index (χ2n) is 3.37. The fourth-order valence-corrected chi connectivity index (χ4v) is 3.54. The quantitative estimate of drug-likeness (QED) is 0.925. The van der Waals surface area contributed by atoms with E-state index in [1.807, 2.05) is 30.3 Å². The van der Waals surface area contributed by atoms with Crippen LogP contribution in [0.25, 0.3) is 0 Å². The Bertz CT molecular complexity index is 546. The SMILES string of the molecule is O=C(O)c1ccc(CS(=O)c2ccccc2)s1. The molecule has 0 amide bonds. The van der Waals surface area contributed by atoms with Gasteiger partial charge in [-0.3, -0.25) is 4.21 Å². The first-order chi connectivity index (χ1) is 8.16. The van der Waals surface area contributed by atoms with Crippen LogP contribution in [-0.4, -0.2) is 15.3 Å². The van der Waals surface area contributed by atoms with Crippen molar-refractivity contribution in [2.45, 2.75) is 10.6 Å². The lowest BCUT2D eigenvalue weighted by Crippen LogP contribution is -1.94. The molecule has 5 heteroatoms. The first-order valence-corrected chi connectivity index (χ1v) is 7.06. The lowest BCUT2D eigenvalue weighted by molar-refractivity contribution is 0.0702. The monoisotopic (exact) mass is 266 g/mol. The molecule has 2 aromatic rings. The summed E-state index contributed by atoms with van der Waals surface area (Å²) >= 11 is 1.17. The van der Waals surface area contributed by atoms with E-state index in [4.69, 9.17) is 5.11 Å². The number of benzene rings is 1. The van der Waals surface area contributed by atoms with Crippen molar-refractivity contribution in [3.05, 3.63) is 52.2 Å². The van der Waals surface area contributed by atoms with Crippen LogP contribution in [0, 0.1) is 0 Å². The zero-order valence-electron chi connectivity index (χ0n) is 8.83.